The van der Waals surface area contributed by atoms with Gasteiger partial charge in [0.1, 0.15) is 0 Å². The second-order valence-electron chi connectivity index (χ2n) is 12.5. The maximum atomic E-state index is 13.5. The lowest BCUT2D eigenvalue weighted by molar-refractivity contribution is -0.137. The van der Waals surface area contributed by atoms with Gasteiger partial charge in [0, 0.05) is 36.2 Å². The normalized spacial score (nSPS) is 14.0. The van der Waals surface area contributed by atoms with E-state index in [4.69, 9.17) is 32.2 Å². The molecule has 6 N–H and O–H groups in total. The fraction of sp³-hybridized carbons (Fsp3) is 0.378. The third-order valence-corrected chi connectivity index (χ3v) is 10.8. The summed E-state index contributed by atoms with van der Waals surface area (Å²) >= 11 is 5.72. The predicted octanol–water partition coefficient (Wildman–Crippen LogP) is 7.89. The van der Waals surface area contributed by atoms with Gasteiger partial charge in [-0.05, 0) is 99.5 Å². The molecule has 0 aliphatic carbocycles. The summed E-state index contributed by atoms with van der Waals surface area (Å²) in [4.78, 5) is 29.1. The maximum absolute atomic E-state index is 13.5. The first-order valence-electron chi connectivity index (χ1n) is 17.6. The van der Waals surface area contributed by atoms with Gasteiger partial charge in [0.25, 0.3) is 11.8 Å². The Balaban J connectivity index is 1.46. The second kappa shape index (κ2) is 19.8. The van der Waals surface area contributed by atoms with Gasteiger partial charge in [-0.15, -0.1) is 0 Å². The van der Waals surface area contributed by atoms with Crippen LogP contribution in [0.2, 0.25) is 5.02 Å². The van der Waals surface area contributed by atoms with Gasteiger partial charge in [-0.2, -0.15) is 18.3 Å². The van der Waals surface area contributed by atoms with Crippen molar-refractivity contribution in [3.8, 4) is 0 Å². The van der Waals surface area contributed by atoms with Crippen molar-refractivity contribution in [3.63, 3.8) is 0 Å². The molecule has 1 aliphatic heterocycles. The molecule has 3 aromatic rings. The highest BCUT2D eigenvalue weighted by molar-refractivity contribution is 7.53. The van der Waals surface area contributed by atoms with E-state index in [0.717, 1.165) is 56.4 Å². The molecule has 12 nitrogen and oxygen atoms in total. The Morgan fingerprint density at radius 1 is 1.02 bits per heavy atom. The zero-order chi connectivity index (χ0) is 39.3. The first-order chi connectivity index (χ1) is 25.7. The number of benzene rings is 3. The molecular formula is C37H46ClF3N7O5P. The van der Waals surface area contributed by atoms with E-state index in [9.17, 15) is 27.3 Å². The number of anilines is 2. The van der Waals surface area contributed by atoms with E-state index in [1.807, 2.05) is 6.07 Å². The fourth-order valence-corrected chi connectivity index (χ4v) is 7.71. The van der Waals surface area contributed by atoms with E-state index in [1.54, 1.807) is 56.4 Å². The van der Waals surface area contributed by atoms with Crippen molar-refractivity contribution in [2.45, 2.75) is 58.7 Å². The molecule has 0 unspecified atom stereocenters. The van der Waals surface area contributed by atoms with Crippen LogP contribution in [0.1, 0.15) is 83.4 Å². The van der Waals surface area contributed by atoms with Crippen molar-refractivity contribution in [3.05, 3.63) is 105 Å². The van der Waals surface area contributed by atoms with Gasteiger partial charge >= 0.3 is 13.8 Å². The number of alkyl halides is 3. The Morgan fingerprint density at radius 3 is 2.43 bits per heavy atom. The van der Waals surface area contributed by atoms with Crippen LogP contribution in [0.5, 0.6) is 0 Å². The Labute approximate surface area is 318 Å². The van der Waals surface area contributed by atoms with Crippen LogP contribution in [0, 0.1) is 0 Å². The Kier molecular flexibility index (Phi) is 15.5. The molecule has 1 heterocycles. The number of nitrogens with two attached hydrogens (primary N) is 2. The molecular weight excluding hydrogens is 746 g/mol. The van der Waals surface area contributed by atoms with E-state index < -0.39 is 36.2 Å². The lowest BCUT2D eigenvalue weighted by atomic mass is 10.1. The van der Waals surface area contributed by atoms with Crippen LogP contribution < -0.4 is 27.2 Å². The smallest absolute Gasteiger partial charge is 0.401 e. The van der Waals surface area contributed by atoms with Crippen LogP contribution in [0.15, 0.2) is 77.7 Å². The summed E-state index contributed by atoms with van der Waals surface area (Å²) in [6.45, 7) is 5.88. The first kappa shape index (κ1) is 42.3. The lowest BCUT2D eigenvalue weighted by Crippen LogP contribution is -2.30. The van der Waals surface area contributed by atoms with Gasteiger partial charge in [-0.3, -0.25) is 14.2 Å². The number of nitrogens with one attached hydrogen (secondary N) is 2. The van der Waals surface area contributed by atoms with E-state index in [-0.39, 0.29) is 42.7 Å². The monoisotopic (exact) mass is 791 g/mol. The Morgan fingerprint density at radius 2 is 1.74 bits per heavy atom. The Hall–Kier alpha value is -4.40. The van der Waals surface area contributed by atoms with Gasteiger partial charge < -0.3 is 30.0 Å². The molecule has 17 heteroatoms. The van der Waals surface area contributed by atoms with Crippen molar-refractivity contribution >= 4 is 48.6 Å². The molecule has 292 valence electrons. The first-order valence-corrected chi connectivity index (χ1v) is 19.7. The van der Waals surface area contributed by atoms with Crippen molar-refractivity contribution in [1.82, 2.24) is 10.4 Å². The van der Waals surface area contributed by atoms with Crippen molar-refractivity contribution in [2.75, 3.05) is 42.7 Å². The minimum absolute atomic E-state index is 0.0725. The van der Waals surface area contributed by atoms with Crippen LogP contribution in [0.3, 0.4) is 0 Å². The summed E-state index contributed by atoms with van der Waals surface area (Å²) in [5, 5.41) is 7.62. The number of allylic oxidation sites excluding steroid dienone is 1. The number of hydrazone groups is 1. The largest absolute Gasteiger partial charge is 0.417 e. The van der Waals surface area contributed by atoms with Crippen molar-refractivity contribution in [1.29, 1.82) is 0 Å². The molecule has 3 aromatic carbocycles. The van der Waals surface area contributed by atoms with Gasteiger partial charge in [0.15, 0.2) is 0 Å². The maximum Gasteiger partial charge on any atom is 0.417 e. The number of hydrazine groups is 1. The number of nitrogens with zero attached hydrogens (tertiary/aromatic N) is 3. The number of rotatable bonds is 17. The standard InChI is InChI=1S/C37H46ClF3N7O5P/c1-3-52-54(51,53-4-2)19-9-12-29(42)25-48(43)24-27-10-8-11-28(20-27)35(49)45-34-16-14-30(47-17-6-5-7-18-47)22-31(34)36(50)46-44-23-26-13-15-33(38)32(21-26)37(39,40)41/h8,10-11,13-16,20-23,25H,3-7,9,12,17-19,24,42-43H2,1-2H3,(H,45,49)(H,46,50)/b29-25-,44-23+. The topological polar surface area (TPSA) is 165 Å². The average Bonchev–Trinajstić information content (AvgIpc) is 3.12. The zero-order valence-electron chi connectivity index (χ0n) is 30.2. The Bertz CT molecular complexity index is 1860. The molecule has 0 aromatic heterocycles. The lowest BCUT2D eigenvalue weighted by Gasteiger charge is -2.29. The summed E-state index contributed by atoms with van der Waals surface area (Å²) in [6.07, 6.45) is 2.19. The zero-order valence-corrected chi connectivity index (χ0v) is 31.9. The molecule has 2 amide bonds. The van der Waals surface area contributed by atoms with E-state index in [1.165, 1.54) is 11.1 Å². The number of carbonyl (C=O) groups is 2. The third kappa shape index (κ3) is 12.6. The summed E-state index contributed by atoms with van der Waals surface area (Å²) in [7, 11) is -3.18. The number of hydrogen-bond donors (Lipinski definition) is 4. The molecule has 54 heavy (non-hydrogen) atoms. The van der Waals surface area contributed by atoms with Crippen molar-refractivity contribution < 1.29 is 36.4 Å². The van der Waals surface area contributed by atoms with Crippen LogP contribution in [0.25, 0.3) is 0 Å². The minimum Gasteiger partial charge on any atom is -0.401 e. The number of hydrogen-bond acceptors (Lipinski definition) is 10. The molecule has 0 spiro atoms. The van der Waals surface area contributed by atoms with Crippen LogP contribution in [-0.4, -0.2) is 55.5 Å². The van der Waals surface area contributed by atoms with Crippen LogP contribution in [-0.2, 0) is 26.3 Å². The van der Waals surface area contributed by atoms with Gasteiger partial charge in [-0.1, -0.05) is 29.8 Å². The number of amides is 2. The molecule has 1 aliphatic rings. The highest BCUT2D eigenvalue weighted by Gasteiger charge is 2.33. The molecule has 0 bridgehead atoms. The summed E-state index contributed by atoms with van der Waals surface area (Å²) in [5.74, 6) is 5.03. The molecule has 0 radical (unpaired) electrons. The molecule has 4 rings (SSSR count). The summed E-state index contributed by atoms with van der Waals surface area (Å²) in [5.41, 5.74) is 10.1. The second-order valence-corrected chi connectivity index (χ2v) is 15.1. The highest BCUT2D eigenvalue weighted by Crippen LogP contribution is 2.48. The van der Waals surface area contributed by atoms with Gasteiger partial charge in [-0.25, -0.2) is 11.3 Å². The van der Waals surface area contributed by atoms with Gasteiger partial charge in [0.2, 0.25) is 0 Å². The van der Waals surface area contributed by atoms with Crippen molar-refractivity contribution in [2.24, 2.45) is 16.7 Å². The molecule has 0 atom stereocenters. The SMILES string of the molecule is CCOP(=O)(CCC/C(N)=C/N(N)Cc1cccc(C(=O)Nc2ccc(N3CCCCC3)cc2C(=O)N/N=C/c2ccc(Cl)c(C(F)(F)F)c2)c1)OCC. The fourth-order valence-electron chi connectivity index (χ4n) is 5.82. The minimum atomic E-state index is -4.66. The summed E-state index contributed by atoms with van der Waals surface area (Å²) in [6, 6.07) is 15.2. The number of carbonyl (C=O) groups excluding carboxylic acids is 2. The average molecular weight is 792 g/mol. The third-order valence-electron chi connectivity index (χ3n) is 8.33. The predicted molar refractivity (Wildman–Crippen MR) is 205 cm³/mol. The van der Waals surface area contributed by atoms with Gasteiger partial charge in [0.05, 0.1) is 54.0 Å². The van der Waals surface area contributed by atoms with Crippen LogP contribution in [0.4, 0.5) is 24.5 Å². The molecule has 1 saturated heterocycles. The number of halogens is 4. The van der Waals surface area contributed by atoms with E-state index >= 15 is 0 Å². The number of piperidine rings is 1. The van der Waals surface area contributed by atoms with E-state index in [0.29, 0.717) is 29.7 Å². The molecule has 1 fully saturated rings. The highest BCUT2D eigenvalue weighted by atomic mass is 35.5. The van der Waals surface area contributed by atoms with Crippen LogP contribution >= 0.6 is 19.2 Å². The van der Waals surface area contributed by atoms with E-state index in [2.05, 4.69) is 20.7 Å². The summed E-state index contributed by atoms with van der Waals surface area (Å²) < 4.78 is 63.3. The quantitative estimate of drug-likeness (QED) is 0.0461. The molecule has 0 saturated carbocycles.